The summed E-state index contributed by atoms with van der Waals surface area (Å²) in [5.41, 5.74) is 1.07. The number of aliphatic carboxylic acids is 1. The molecule has 1 N–H and O–H groups in total. The Bertz CT molecular complexity index is 219. The third kappa shape index (κ3) is 11.5. The predicted octanol–water partition coefficient (Wildman–Crippen LogP) is 4.94. The van der Waals surface area contributed by atoms with Crippen molar-refractivity contribution in [2.45, 2.75) is 78.1 Å². The molecule has 0 spiro atoms. The van der Waals surface area contributed by atoms with Gasteiger partial charge in [-0.15, -0.1) is 0 Å². The van der Waals surface area contributed by atoms with Crippen molar-refractivity contribution in [2.75, 3.05) is 0 Å². The van der Waals surface area contributed by atoms with Gasteiger partial charge in [0, 0.05) is 6.08 Å². The van der Waals surface area contributed by atoms with E-state index < -0.39 is 5.97 Å². The monoisotopic (exact) mass is 240 g/mol. The summed E-state index contributed by atoms with van der Waals surface area (Å²) in [6.45, 7) is 4.26. The van der Waals surface area contributed by atoms with Crippen LogP contribution in [-0.4, -0.2) is 11.1 Å². The van der Waals surface area contributed by atoms with Crippen molar-refractivity contribution in [1.82, 2.24) is 0 Å². The van der Waals surface area contributed by atoms with E-state index in [9.17, 15) is 4.79 Å². The molecule has 0 aromatic carbocycles. The number of allylic oxidation sites excluding steroid dienone is 1. The quantitative estimate of drug-likeness (QED) is 0.410. The number of hydrogen-bond donors (Lipinski definition) is 1. The maximum absolute atomic E-state index is 10.5. The zero-order chi connectivity index (χ0) is 12.9. The van der Waals surface area contributed by atoms with Crippen LogP contribution in [0.1, 0.15) is 78.1 Å². The third-order valence-electron chi connectivity index (χ3n) is 3.13. The topological polar surface area (TPSA) is 37.3 Å². The van der Waals surface area contributed by atoms with Crippen molar-refractivity contribution in [3.05, 3.63) is 11.6 Å². The van der Waals surface area contributed by atoms with E-state index in [1.165, 1.54) is 51.0 Å². The van der Waals surface area contributed by atoms with Gasteiger partial charge in [-0.05, 0) is 19.3 Å². The van der Waals surface area contributed by atoms with Crippen molar-refractivity contribution in [3.8, 4) is 0 Å². The van der Waals surface area contributed by atoms with E-state index in [0.29, 0.717) is 0 Å². The van der Waals surface area contributed by atoms with E-state index in [1.807, 2.05) is 6.92 Å². The molecule has 0 unspecified atom stereocenters. The lowest BCUT2D eigenvalue weighted by molar-refractivity contribution is -0.131. The number of rotatable bonds is 11. The zero-order valence-electron chi connectivity index (χ0n) is 11.5. The largest absolute Gasteiger partial charge is 0.478 e. The summed E-state index contributed by atoms with van der Waals surface area (Å²) >= 11 is 0. The molecule has 0 saturated heterocycles. The van der Waals surface area contributed by atoms with Gasteiger partial charge in [-0.2, -0.15) is 0 Å². The second-order valence-corrected chi connectivity index (χ2v) is 4.72. The fraction of sp³-hybridized carbons (Fsp3) is 0.800. The number of hydrogen-bond acceptors (Lipinski definition) is 1. The Kier molecular flexibility index (Phi) is 11.1. The van der Waals surface area contributed by atoms with Crippen molar-refractivity contribution in [2.24, 2.45) is 0 Å². The average molecular weight is 240 g/mol. The fourth-order valence-corrected chi connectivity index (χ4v) is 2.01. The molecule has 0 fully saturated rings. The lowest BCUT2D eigenvalue weighted by Gasteiger charge is -2.04. The van der Waals surface area contributed by atoms with Crippen LogP contribution >= 0.6 is 0 Å². The summed E-state index contributed by atoms with van der Waals surface area (Å²) in [5.74, 6) is -0.804. The standard InChI is InChI=1S/C15H28O2/c1-3-5-6-7-8-9-10-11-12-14(4-2)13-15(16)17/h13H,3-12H2,1-2H3,(H,16,17)/b14-13+. The molecule has 0 aromatic heterocycles. The molecule has 0 rings (SSSR count). The van der Waals surface area contributed by atoms with E-state index in [4.69, 9.17) is 5.11 Å². The first-order valence-corrected chi connectivity index (χ1v) is 7.13. The van der Waals surface area contributed by atoms with Crippen LogP contribution in [-0.2, 0) is 4.79 Å². The molecule has 0 aliphatic carbocycles. The third-order valence-corrected chi connectivity index (χ3v) is 3.13. The predicted molar refractivity (Wildman–Crippen MR) is 73.2 cm³/mol. The summed E-state index contributed by atoms with van der Waals surface area (Å²) < 4.78 is 0. The van der Waals surface area contributed by atoms with Gasteiger partial charge in [0.1, 0.15) is 0 Å². The highest BCUT2D eigenvalue weighted by Crippen LogP contribution is 2.14. The van der Waals surface area contributed by atoms with E-state index in [-0.39, 0.29) is 0 Å². The second-order valence-electron chi connectivity index (χ2n) is 4.72. The maximum Gasteiger partial charge on any atom is 0.328 e. The van der Waals surface area contributed by atoms with Crippen LogP contribution in [0.4, 0.5) is 0 Å². The Hall–Kier alpha value is -0.790. The molecule has 2 nitrogen and oxygen atoms in total. The van der Waals surface area contributed by atoms with Gasteiger partial charge in [-0.25, -0.2) is 4.79 Å². The number of unbranched alkanes of at least 4 members (excludes halogenated alkanes) is 7. The number of carbonyl (C=O) groups is 1. The lowest BCUT2D eigenvalue weighted by atomic mass is 10.0. The van der Waals surface area contributed by atoms with Crippen LogP contribution in [0.15, 0.2) is 11.6 Å². The summed E-state index contributed by atoms with van der Waals surface area (Å²) in [4.78, 5) is 10.5. The van der Waals surface area contributed by atoms with Gasteiger partial charge < -0.3 is 5.11 Å². The second kappa shape index (κ2) is 11.7. The van der Waals surface area contributed by atoms with E-state index in [0.717, 1.165) is 24.8 Å². The van der Waals surface area contributed by atoms with Crippen LogP contribution in [0.5, 0.6) is 0 Å². The molecular formula is C15H28O2. The van der Waals surface area contributed by atoms with E-state index in [1.54, 1.807) is 0 Å². The van der Waals surface area contributed by atoms with Gasteiger partial charge >= 0.3 is 5.97 Å². The Morgan fingerprint density at radius 3 is 1.94 bits per heavy atom. The maximum atomic E-state index is 10.5. The highest BCUT2D eigenvalue weighted by atomic mass is 16.4. The minimum absolute atomic E-state index is 0.804. The van der Waals surface area contributed by atoms with Crippen LogP contribution in [0, 0.1) is 0 Å². The molecular weight excluding hydrogens is 212 g/mol. The lowest BCUT2D eigenvalue weighted by Crippen LogP contribution is -1.92. The number of carboxylic acid groups (broad SMARTS) is 1. The van der Waals surface area contributed by atoms with Gasteiger partial charge in [-0.3, -0.25) is 0 Å². The molecule has 0 aromatic rings. The minimum atomic E-state index is -0.804. The number of carboxylic acids is 1. The van der Waals surface area contributed by atoms with Crippen LogP contribution in [0.3, 0.4) is 0 Å². The zero-order valence-corrected chi connectivity index (χ0v) is 11.5. The molecule has 0 amide bonds. The summed E-state index contributed by atoms with van der Waals surface area (Å²) in [6, 6.07) is 0. The van der Waals surface area contributed by atoms with Crippen molar-refractivity contribution < 1.29 is 9.90 Å². The summed E-state index contributed by atoms with van der Waals surface area (Å²) in [5, 5.41) is 8.66. The SMILES string of the molecule is CCCCCCCCCC/C(=C/C(=O)O)CC. The smallest absolute Gasteiger partial charge is 0.328 e. The summed E-state index contributed by atoms with van der Waals surface area (Å²) in [6.07, 6.45) is 13.6. The minimum Gasteiger partial charge on any atom is -0.478 e. The first-order valence-electron chi connectivity index (χ1n) is 7.13. The molecule has 100 valence electrons. The van der Waals surface area contributed by atoms with Crippen molar-refractivity contribution in [3.63, 3.8) is 0 Å². The highest BCUT2D eigenvalue weighted by molar-refractivity contribution is 5.80. The fourth-order valence-electron chi connectivity index (χ4n) is 2.01. The Morgan fingerprint density at radius 2 is 1.47 bits per heavy atom. The normalized spacial score (nSPS) is 11.8. The van der Waals surface area contributed by atoms with Crippen LogP contribution < -0.4 is 0 Å². The highest BCUT2D eigenvalue weighted by Gasteiger charge is 1.98. The molecule has 0 radical (unpaired) electrons. The van der Waals surface area contributed by atoms with Crippen LogP contribution in [0.25, 0.3) is 0 Å². The molecule has 0 atom stereocenters. The van der Waals surface area contributed by atoms with Crippen LogP contribution in [0.2, 0.25) is 0 Å². The molecule has 0 bridgehead atoms. The Balaban J connectivity index is 3.40. The van der Waals surface area contributed by atoms with Gasteiger partial charge in [0.15, 0.2) is 0 Å². The van der Waals surface area contributed by atoms with Crippen molar-refractivity contribution in [1.29, 1.82) is 0 Å². The van der Waals surface area contributed by atoms with Gasteiger partial charge in [0.2, 0.25) is 0 Å². The molecule has 0 aliphatic heterocycles. The molecule has 0 saturated carbocycles. The average Bonchev–Trinajstić information content (AvgIpc) is 2.30. The molecule has 2 heteroatoms. The van der Waals surface area contributed by atoms with E-state index >= 15 is 0 Å². The van der Waals surface area contributed by atoms with Gasteiger partial charge in [0.05, 0.1) is 0 Å². The molecule has 0 aliphatic rings. The first kappa shape index (κ1) is 16.2. The Labute approximate surface area is 106 Å². The molecule has 0 heterocycles. The van der Waals surface area contributed by atoms with E-state index in [2.05, 4.69) is 6.92 Å². The Morgan fingerprint density at radius 1 is 0.941 bits per heavy atom. The van der Waals surface area contributed by atoms with Crippen molar-refractivity contribution >= 4 is 5.97 Å². The molecule has 17 heavy (non-hydrogen) atoms. The van der Waals surface area contributed by atoms with Gasteiger partial charge in [-0.1, -0.05) is 64.4 Å². The first-order chi connectivity index (χ1) is 8.20. The van der Waals surface area contributed by atoms with Gasteiger partial charge in [0.25, 0.3) is 0 Å². The summed E-state index contributed by atoms with van der Waals surface area (Å²) in [7, 11) is 0.